The van der Waals surface area contributed by atoms with Crippen LogP contribution in [0.5, 0.6) is 0 Å². The first-order valence-corrected chi connectivity index (χ1v) is 6.22. The molecule has 0 saturated heterocycles. The molecule has 15 heavy (non-hydrogen) atoms. The molecular formula is C8H8BrClN4S. The van der Waals surface area contributed by atoms with Crippen LogP contribution in [0.15, 0.2) is 21.7 Å². The van der Waals surface area contributed by atoms with Crippen molar-refractivity contribution in [3.05, 3.63) is 27.5 Å². The molecule has 0 radical (unpaired) electrons. The Bertz CT molecular complexity index is 421. The number of thioether (sulfide) groups is 1. The first kappa shape index (κ1) is 12.5. The van der Waals surface area contributed by atoms with Crippen LogP contribution in [0.4, 0.5) is 0 Å². The number of nitrogens with zero attached hydrogens (tertiary/aromatic N) is 2. The minimum absolute atomic E-state index is 0.119. The summed E-state index contributed by atoms with van der Waals surface area (Å²) in [4.78, 5) is 7.86. The number of hydrogen-bond donors (Lipinski definition) is 2. The second-order valence-corrected chi connectivity index (χ2v) is 4.61. The highest BCUT2D eigenvalue weighted by Gasteiger charge is 2.07. The maximum atomic E-state index is 7.35. The number of amidine groups is 2. The normalized spacial score (nSPS) is 11.5. The predicted octanol–water partition coefficient (Wildman–Crippen LogP) is 2.50. The number of hydrogen-bond acceptors (Lipinski definition) is 3. The van der Waals surface area contributed by atoms with Crippen LogP contribution in [0.3, 0.4) is 0 Å². The lowest BCUT2D eigenvalue weighted by atomic mass is 10.3. The number of rotatable bonds is 1. The van der Waals surface area contributed by atoms with Gasteiger partial charge in [0.05, 0.1) is 5.02 Å². The molecule has 0 bridgehead atoms. The third-order valence-electron chi connectivity index (χ3n) is 1.47. The fourth-order valence-corrected chi connectivity index (χ4v) is 1.73. The lowest BCUT2D eigenvalue weighted by molar-refractivity contribution is 1.26. The van der Waals surface area contributed by atoms with Crippen LogP contribution in [-0.4, -0.2) is 22.2 Å². The Morgan fingerprint density at radius 2 is 2.40 bits per heavy atom. The minimum atomic E-state index is 0.119. The Morgan fingerprint density at radius 3 is 2.93 bits per heavy atom. The van der Waals surface area contributed by atoms with E-state index in [1.165, 1.54) is 11.8 Å². The Hall–Kier alpha value is -0.590. The molecule has 7 heteroatoms. The molecule has 1 rings (SSSR count). The molecular weight excluding hydrogens is 300 g/mol. The van der Waals surface area contributed by atoms with Crippen LogP contribution >= 0.6 is 39.3 Å². The molecule has 0 aliphatic rings. The van der Waals surface area contributed by atoms with Crippen LogP contribution < -0.4 is 5.73 Å². The summed E-state index contributed by atoms with van der Waals surface area (Å²) in [5, 5.41) is 7.87. The zero-order chi connectivity index (χ0) is 11.4. The number of halogens is 2. The molecule has 0 saturated carbocycles. The molecule has 0 atom stereocenters. The van der Waals surface area contributed by atoms with Crippen molar-refractivity contribution in [3.8, 4) is 0 Å². The third kappa shape index (κ3) is 3.48. The molecule has 0 amide bonds. The Morgan fingerprint density at radius 1 is 1.73 bits per heavy atom. The van der Waals surface area contributed by atoms with Crippen molar-refractivity contribution in [2.45, 2.75) is 0 Å². The van der Waals surface area contributed by atoms with Crippen molar-refractivity contribution in [1.82, 2.24) is 4.98 Å². The lowest BCUT2D eigenvalue weighted by Gasteiger charge is -2.02. The monoisotopic (exact) mass is 306 g/mol. The van der Waals surface area contributed by atoms with Gasteiger partial charge in [-0.15, -0.1) is 0 Å². The minimum Gasteiger partial charge on any atom is -0.382 e. The van der Waals surface area contributed by atoms with E-state index in [0.717, 1.165) is 4.47 Å². The van der Waals surface area contributed by atoms with Crippen molar-refractivity contribution >= 4 is 50.3 Å². The van der Waals surface area contributed by atoms with Crippen molar-refractivity contribution in [3.63, 3.8) is 0 Å². The lowest BCUT2D eigenvalue weighted by Crippen LogP contribution is -2.17. The van der Waals surface area contributed by atoms with E-state index in [1.54, 1.807) is 18.5 Å². The molecule has 4 nitrogen and oxygen atoms in total. The summed E-state index contributed by atoms with van der Waals surface area (Å²) in [6.45, 7) is 0. The van der Waals surface area contributed by atoms with Crippen molar-refractivity contribution in [2.75, 3.05) is 6.26 Å². The second-order valence-electron chi connectivity index (χ2n) is 2.49. The zero-order valence-electron chi connectivity index (χ0n) is 7.79. The quantitative estimate of drug-likeness (QED) is 0.618. The highest BCUT2D eigenvalue weighted by Crippen LogP contribution is 2.18. The van der Waals surface area contributed by atoms with Gasteiger partial charge in [0.15, 0.2) is 11.0 Å². The van der Waals surface area contributed by atoms with Crippen LogP contribution in [-0.2, 0) is 0 Å². The number of nitrogens with one attached hydrogen (secondary N) is 1. The summed E-state index contributed by atoms with van der Waals surface area (Å²) >= 11 is 10.3. The number of aromatic nitrogens is 1. The van der Waals surface area contributed by atoms with E-state index in [1.807, 2.05) is 0 Å². The van der Waals surface area contributed by atoms with Crippen LogP contribution in [0.2, 0.25) is 5.02 Å². The molecule has 0 unspecified atom stereocenters. The highest BCUT2D eigenvalue weighted by molar-refractivity contribution is 9.10. The van der Waals surface area contributed by atoms with Gasteiger partial charge in [0, 0.05) is 10.7 Å². The van der Waals surface area contributed by atoms with Crippen molar-refractivity contribution < 1.29 is 0 Å². The average Bonchev–Trinajstić information content (AvgIpc) is 2.17. The smallest absolute Gasteiger partial charge is 0.181 e. The second kappa shape index (κ2) is 5.48. The molecule has 3 N–H and O–H groups in total. The number of pyridine rings is 1. The molecule has 0 aliphatic heterocycles. The Labute approximate surface area is 105 Å². The van der Waals surface area contributed by atoms with E-state index in [-0.39, 0.29) is 11.0 Å². The molecule has 0 fully saturated rings. The first-order chi connectivity index (χ1) is 7.04. The van der Waals surface area contributed by atoms with Crippen molar-refractivity contribution in [2.24, 2.45) is 10.7 Å². The maximum absolute atomic E-state index is 7.35. The maximum Gasteiger partial charge on any atom is 0.181 e. The van der Waals surface area contributed by atoms with Gasteiger partial charge in [-0.1, -0.05) is 23.4 Å². The molecule has 1 heterocycles. The van der Waals surface area contributed by atoms with Crippen molar-refractivity contribution in [1.29, 1.82) is 5.41 Å². The fraction of sp³-hybridized carbons (Fsp3) is 0.125. The van der Waals surface area contributed by atoms with Gasteiger partial charge in [-0.05, 0) is 28.3 Å². The van der Waals surface area contributed by atoms with E-state index in [2.05, 4.69) is 25.9 Å². The zero-order valence-corrected chi connectivity index (χ0v) is 10.9. The van der Waals surface area contributed by atoms with Gasteiger partial charge in [-0.2, -0.15) is 0 Å². The van der Waals surface area contributed by atoms with Gasteiger partial charge in [-0.3, -0.25) is 10.4 Å². The fourth-order valence-electron chi connectivity index (χ4n) is 0.811. The topological polar surface area (TPSA) is 75.1 Å². The van der Waals surface area contributed by atoms with E-state index in [9.17, 15) is 0 Å². The summed E-state index contributed by atoms with van der Waals surface area (Å²) < 4.78 is 0.768. The summed E-state index contributed by atoms with van der Waals surface area (Å²) in [5.74, 6) is 0.145. The molecule has 0 spiro atoms. The summed E-state index contributed by atoms with van der Waals surface area (Å²) in [6, 6.07) is 1.68. The largest absolute Gasteiger partial charge is 0.382 e. The predicted molar refractivity (Wildman–Crippen MR) is 68.9 cm³/mol. The highest BCUT2D eigenvalue weighted by atomic mass is 79.9. The van der Waals surface area contributed by atoms with Gasteiger partial charge < -0.3 is 5.73 Å². The van der Waals surface area contributed by atoms with Gasteiger partial charge in [0.25, 0.3) is 0 Å². The molecule has 80 valence electrons. The van der Waals surface area contributed by atoms with E-state index in [0.29, 0.717) is 10.7 Å². The van der Waals surface area contributed by atoms with Gasteiger partial charge >= 0.3 is 0 Å². The van der Waals surface area contributed by atoms with E-state index < -0.39 is 0 Å². The van der Waals surface area contributed by atoms with E-state index >= 15 is 0 Å². The molecule has 0 aliphatic carbocycles. The Balaban J connectivity index is 3.06. The molecule has 1 aromatic heterocycles. The first-order valence-electron chi connectivity index (χ1n) is 3.82. The van der Waals surface area contributed by atoms with Crippen LogP contribution in [0, 0.1) is 5.41 Å². The average molecular weight is 308 g/mol. The van der Waals surface area contributed by atoms with Crippen LogP contribution in [0.25, 0.3) is 0 Å². The summed E-state index contributed by atoms with van der Waals surface area (Å²) in [5.41, 5.74) is 6.04. The summed E-state index contributed by atoms with van der Waals surface area (Å²) in [6.07, 6.45) is 3.32. The van der Waals surface area contributed by atoms with Crippen LogP contribution in [0.1, 0.15) is 5.69 Å². The molecule has 0 aromatic carbocycles. The molecule has 1 aromatic rings. The number of aliphatic imine (C=N–C) groups is 1. The SMILES string of the molecule is CSC(=N)N=C(N)c1ncc(Br)cc1Cl. The Kier molecular flexibility index (Phi) is 4.56. The third-order valence-corrected chi connectivity index (χ3v) is 2.67. The standard InChI is InChI=1S/C8H8BrClN4S/c1-15-8(12)14-7(11)6-5(10)2-4(9)3-13-6/h2-3H,1H3,(H3,11,12,14). The summed E-state index contributed by atoms with van der Waals surface area (Å²) in [7, 11) is 0. The van der Waals surface area contributed by atoms with E-state index in [4.69, 9.17) is 22.7 Å². The number of nitrogens with two attached hydrogens (primary N) is 1. The van der Waals surface area contributed by atoms with Gasteiger partial charge in [0.2, 0.25) is 0 Å². The van der Waals surface area contributed by atoms with Gasteiger partial charge in [-0.25, -0.2) is 4.99 Å². The van der Waals surface area contributed by atoms with Gasteiger partial charge in [0.1, 0.15) is 5.69 Å².